The van der Waals surface area contributed by atoms with Gasteiger partial charge in [0.25, 0.3) is 0 Å². The number of carbonyl (C=O) groups is 1. The van der Waals surface area contributed by atoms with E-state index >= 15 is 0 Å². The second kappa shape index (κ2) is 7.56. The van der Waals surface area contributed by atoms with Gasteiger partial charge in [-0.05, 0) is 45.4 Å². The van der Waals surface area contributed by atoms with E-state index < -0.39 is 5.60 Å². The van der Waals surface area contributed by atoms with Crippen molar-refractivity contribution < 1.29 is 19.7 Å². The first kappa shape index (κ1) is 16.7. The van der Waals surface area contributed by atoms with Crippen LogP contribution in [0.15, 0.2) is 0 Å². The van der Waals surface area contributed by atoms with Gasteiger partial charge in [0.05, 0.1) is 24.2 Å². The molecule has 5 heteroatoms. The highest BCUT2D eigenvalue weighted by molar-refractivity contribution is 5.72. The van der Waals surface area contributed by atoms with Gasteiger partial charge in [-0.15, -0.1) is 0 Å². The molecule has 21 heavy (non-hydrogen) atoms. The number of aliphatic hydroxyl groups excluding tert-OH is 1. The first-order valence-corrected chi connectivity index (χ1v) is 8.34. The van der Waals surface area contributed by atoms with Crippen molar-refractivity contribution in [3.63, 3.8) is 0 Å². The monoisotopic (exact) mass is 299 g/mol. The molecular weight excluding hydrogens is 270 g/mol. The Kier molecular flexibility index (Phi) is 6.02. The molecule has 2 fully saturated rings. The third-order valence-electron chi connectivity index (χ3n) is 4.96. The lowest BCUT2D eigenvalue weighted by atomic mass is 9.78. The zero-order chi connectivity index (χ0) is 15.3. The molecule has 2 unspecified atom stereocenters. The molecule has 0 aromatic carbocycles. The van der Waals surface area contributed by atoms with Crippen LogP contribution in [0.25, 0.3) is 0 Å². The van der Waals surface area contributed by atoms with Gasteiger partial charge in [0.15, 0.2) is 0 Å². The third-order valence-corrected chi connectivity index (χ3v) is 4.96. The predicted molar refractivity (Wildman–Crippen MR) is 79.8 cm³/mol. The van der Waals surface area contributed by atoms with Crippen LogP contribution in [0.5, 0.6) is 0 Å². The maximum absolute atomic E-state index is 11.7. The number of esters is 1. The third kappa shape index (κ3) is 4.66. The summed E-state index contributed by atoms with van der Waals surface area (Å²) in [4.78, 5) is 11.7. The minimum atomic E-state index is -0.750. The molecule has 5 nitrogen and oxygen atoms in total. The molecular formula is C16H29NO4. The van der Waals surface area contributed by atoms with Crippen molar-refractivity contribution in [1.29, 1.82) is 0 Å². The normalized spacial score (nSPS) is 37.2. The van der Waals surface area contributed by atoms with Gasteiger partial charge >= 0.3 is 5.97 Å². The summed E-state index contributed by atoms with van der Waals surface area (Å²) in [6, 6.07) is 0.102. The van der Waals surface area contributed by atoms with E-state index in [1.165, 1.54) is 0 Å². The lowest BCUT2D eigenvalue weighted by Gasteiger charge is -2.38. The molecule has 0 heterocycles. The molecule has 0 saturated heterocycles. The number of hydrogen-bond acceptors (Lipinski definition) is 5. The van der Waals surface area contributed by atoms with Crippen LogP contribution in [0.4, 0.5) is 0 Å². The predicted octanol–water partition coefficient (Wildman–Crippen LogP) is 1.36. The molecule has 3 N–H and O–H groups in total. The van der Waals surface area contributed by atoms with E-state index in [9.17, 15) is 15.0 Å². The fourth-order valence-electron chi connectivity index (χ4n) is 3.50. The number of nitrogens with one attached hydrogen (secondary N) is 1. The van der Waals surface area contributed by atoms with E-state index in [4.69, 9.17) is 4.74 Å². The van der Waals surface area contributed by atoms with Crippen LogP contribution in [-0.2, 0) is 9.53 Å². The Morgan fingerprint density at radius 1 is 1.24 bits per heavy atom. The second-order valence-electron chi connectivity index (χ2n) is 6.59. The number of ether oxygens (including phenoxy) is 1. The summed E-state index contributed by atoms with van der Waals surface area (Å²) in [6.45, 7) is 2.74. The zero-order valence-electron chi connectivity index (χ0n) is 13.0. The first-order chi connectivity index (χ1) is 10.0. The van der Waals surface area contributed by atoms with Crippen molar-refractivity contribution in [2.75, 3.05) is 13.2 Å². The molecule has 0 amide bonds. The zero-order valence-corrected chi connectivity index (χ0v) is 13.0. The lowest BCUT2D eigenvalue weighted by Crippen LogP contribution is -2.51. The van der Waals surface area contributed by atoms with Gasteiger partial charge in [-0.25, -0.2) is 0 Å². The Labute approximate surface area is 127 Å². The van der Waals surface area contributed by atoms with E-state index in [1.54, 1.807) is 0 Å². The fraction of sp³-hybridized carbons (Fsp3) is 0.938. The molecule has 122 valence electrons. The number of carbonyl (C=O) groups excluding carboxylic acids is 1. The van der Waals surface area contributed by atoms with Crippen LogP contribution in [0.2, 0.25) is 0 Å². The minimum Gasteiger partial charge on any atom is -0.466 e. The van der Waals surface area contributed by atoms with E-state index in [2.05, 4.69) is 5.32 Å². The number of rotatable bonds is 5. The molecule has 2 aliphatic rings. The molecule has 0 aromatic heterocycles. The van der Waals surface area contributed by atoms with Crippen LogP contribution >= 0.6 is 0 Å². The molecule has 0 spiro atoms. The quantitative estimate of drug-likeness (QED) is 0.668. The first-order valence-electron chi connectivity index (χ1n) is 8.34. The molecule has 2 saturated carbocycles. The molecule has 2 aliphatic carbocycles. The smallest absolute Gasteiger partial charge is 0.308 e. The maximum Gasteiger partial charge on any atom is 0.308 e. The highest BCUT2D eigenvalue weighted by Crippen LogP contribution is 2.33. The topological polar surface area (TPSA) is 78.8 Å². The summed E-state index contributed by atoms with van der Waals surface area (Å²) in [5.74, 6) is -0.194. The summed E-state index contributed by atoms with van der Waals surface area (Å²) < 4.78 is 5.05. The van der Waals surface area contributed by atoms with Crippen LogP contribution in [0.1, 0.15) is 58.3 Å². The Morgan fingerprint density at radius 2 is 1.90 bits per heavy atom. The van der Waals surface area contributed by atoms with Gasteiger partial charge in [-0.2, -0.15) is 0 Å². The number of aliphatic hydroxyl groups is 2. The van der Waals surface area contributed by atoms with E-state index in [1.807, 2.05) is 6.92 Å². The van der Waals surface area contributed by atoms with E-state index in [-0.39, 0.29) is 24.0 Å². The highest BCUT2D eigenvalue weighted by Gasteiger charge is 2.37. The maximum atomic E-state index is 11.7. The summed E-state index contributed by atoms with van der Waals surface area (Å²) in [5.41, 5.74) is -0.750. The second-order valence-corrected chi connectivity index (χ2v) is 6.59. The van der Waals surface area contributed by atoms with Crippen molar-refractivity contribution in [3.05, 3.63) is 0 Å². The molecule has 0 aromatic rings. The van der Waals surface area contributed by atoms with E-state index in [0.717, 1.165) is 25.7 Å². The largest absolute Gasteiger partial charge is 0.466 e. The van der Waals surface area contributed by atoms with Gasteiger partial charge in [0.1, 0.15) is 0 Å². The van der Waals surface area contributed by atoms with Crippen molar-refractivity contribution in [3.8, 4) is 0 Å². The van der Waals surface area contributed by atoms with Crippen LogP contribution in [0.3, 0.4) is 0 Å². The summed E-state index contributed by atoms with van der Waals surface area (Å²) in [5, 5.41) is 23.9. The fourth-order valence-corrected chi connectivity index (χ4v) is 3.50. The van der Waals surface area contributed by atoms with Gasteiger partial charge in [-0.3, -0.25) is 4.79 Å². The summed E-state index contributed by atoms with van der Waals surface area (Å²) in [6.07, 6.45) is 6.36. The summed E-state index contributed by atoms with van der Waals surface area (Å²) >= 11 is 0. The van der Waals surface area contributed by atoms with Crippen LogP contribution in [0, 0.1) is 5.92 Å². The van der Waals surface area contributed by atoms with Crippen molar-refractivity contribution >= 4 is 5.97 Å². The Balaban J connectivity index is 1.75. The molecule has 0 bridgehead atoms. The van der Waals surface area contributed by atoms with Crippen LogP contribution in [-0.4, -0.2) is 47.1 Å². The molecule has 0 aliphatic heterocycles. The van der Waals surface area contributed by atoms with Gasteiger partial charge < -0.3 is 20.3 Å². The SMILES string of the molecule is CCOC(=O)C1CCC(O)(CNC2CCCCC2O)CC1. The lowest BCUT2D eigenvalue weighted by molar-refractivity contribution is -0.151. The Morgan fingerprint density at radius 3 is 2.52 bits per heavy atom. The van der Waals surface area contributed by atoms with E-state index in [0.29, 0.717) is 38.8 Å². The minimum absolute atomic E-state index is 0.0644. The summed E-state index contributed by atoms with van der Waals surface area (Å²) in [7, 11) is 0. The standard InChI is InChI=1S/C16H29NO4/c1-2-21-15(19)12-7-9-16(20,10-8-12)11-17-13-5-3-4-6-14(13)18/h12-14,17-18,20H,2-11H2,1H3. The van der Waals surface area contributed by atoms with Gasteiger partial charge in [-0.1, -0.05) is 12.8 Å². The molecule has 2 rings (SSSR count). The van der Waals surface area contributed by atoms with Crippen LogP contribution < -0.4 is 5.32 Å². The van der Waals surface area contributed by atoms with Gasteiger partial charge in [0.2, 0.25) is 0 Å². The number of hydrogen-bond donors (Lipinski definition) is 3. The average Bonchev–Trinajstić information content (AvgIpc) is 2.47. The van der Waals surface area contributed by atoms with Crippen molar-refractivity contribution in [2.24, 2.45) is 5.92 Å². The average molecular weight is 299 g/mol. The van der Waals surface area contributed by atoms with Crippen molar-refractivity contribution in [2.45, 2.75) is 76.0 Å². The highest BCUT2D eigenvalue weighted by atomic mass is 16.5. The molecule has 0 radical (unpaired) electrons. The Hall–Kier alpha value is -0.650. The van der Waals surface area contributed by atoms with Gasteiger partial charge in [0, 0.05) is 12.6 Å². The Bertz CT molecular complexity index is 339. The van der Waals surface area contributed by atoms with Crippen molar-refractivity contribution in [1.82, 2.24) is 5.32 Å². The molecule has 2 atom stereocenters.